The quantitative estimate of drug-likeness (QED) is 0.575. The summed E-state index contributed by atoms with van der Waals surface area (Å²) in [5.41, 5.74) is 0.558. The highest BCUT2D eigenvalue weighted by Gasteiger charge is 2.17. The predicted octanol–water partition coefficient (Wildman–Crippen LogP) is 4.40. The molecule has 0 aliphatic carbocycles. The number of carbonyl (C=O) groups excluding carboxylic acids is 2. The second-order valence-corrected chi connectivity index (χ2v) is 5.87. The molecule has 0 aliphatic rings. The zero-order chi connectivity index (χ0) is 13.0. The Labute approximate surface area is 118 Å². The van der Waals surface area contributed by atoms with Gasteiger partial charge in [0.05, 0.1) is 6.42 Å². The molecule has 0 aliphatic heterocycles. The van der Waals surface area contributed by atoms with Gasteiger partial charge in [0.2, 0.25) is 0 Å². The molecule has 0 N–H and O–H groups in total. The highest BCUT2D eigenvalue weighted by molar-refractivity contribution is 9.11. The summed E-state index contributed by atoms with van der Waals surface area (Å²) >= 11 is 6.65. The van der Waals surface area contributed by atoms with E-state index >= 15 is 0 Å². The molecule has 0 bridgehead atoms. The van der Waals surface area contributed by atoms with Crippen molar-refractivity contribution in [1.82, 2.24) is 0 Å². The minimum Gasteiger partial charge on any atom is -0.299 e. The minimum atomic E-state index is -0.127. The van der Waals surface area contributed by atoms with Crippen LogP contribution in [0.3, 0.4) is 0 Å². The second-order valence-electron chi connectivity index (χ2n) is 4.03. The SMILES string of the molecule is CCC(C)C(=O)CC(=O)c1cc(Br)cc(Br)c1. The van der Waals surface area contributed by atoms with Crippen LogP contribution < -0.4 is 0 Å². The lowest BCUT2D eigenvalue weighted by Gasteiger charge is -2.07. The molecule has 4 heteroatoms. The van der Waals surface area contributed by atoms with Crippen molar-refractivity contribution in [2.45, 2.75) is 26.7 Å². The second kappa shape index (κ2) is 6.45. The molecule has 1 unspecified atom stereocenters. The first-order valence-corrected chi connectivity index (χ1v) is 7.04. The number of rotatable bonds is 5. The highest BCUT2D eigenvalue weighted by Crippen LogP contribution is 2.21. The van der Waals surface area contributed by atoms with Crippen LogP contribution in [0.4, 0.5) is 0 Å². The Morgan fingerprint density at radius 3 is 2.18 bits per heavy atom. The maximum atomic E-state index is 11.9. The Balaban J connectivity index is 2.80. The molecule has 17 heavy (non-hydrogen) atoms. The van der Waals surface area contributed by atoms with E-state index in [2.05, 4.69) is 31.9 Å². The lowest BCUT2D eigenvalue weighted by molar-refractivity contribution is -0.121. The third kappa shape index (κ3) is 4.36. The van der Waals surface area contributed by atoms with Gasteiger partial charge in [-0.2, -0.15) is 0 Å². The van der Waals surface area contributed by atoms with Crippen LogP contribution in [0.1, 0.15) is 37.0 Å². The molecule has 1 atom stereocenters. The van der Waals surface area contributed by atoms with Crippen molar-refractivity contribution in [2.24, 2.45) is 5.92 Å². The average molecular weight is 362 g/mol. The molecule has 0 amide bonds. The summed E-state index contributed by atoms with van der Waals surface area (Å²) in [5, 5.41) is 0. The van der Waals surface area contributed by atoms with Crippen molar-refractivity contribution in [1.29, 1.82) is 0 Å². The molecule has 0 heterocycles. The van der Waals surface area contributed by atoms with Crippen LogP contribution in [0, 0.1) is 5.92 Å². The molecule has 1 aromatic carbocycles. The van der Waals surface area contributed by atoms with E-state index in [-0.39, 0.29) is 23.9 Å². The van der Waals surface area contributed by atoms with Gasteiger partial charge in [-0.3, -0.25) is 9.59 Å². The molecule has 0 fully saturated rings. The van der Waals surface area contributed by atoms with Crippen molar-refractivity contribution in [3.63, 3.8) is 0 Å². The van der Waals surface area contributed by atoms with E-state index in [1.54, 1.807) is 12.1 Å². The number of carbonyl (C=O) groups is 2. The van der Waals surface area contributed by atoms with Crippen LogP contribution in [0.25, 0.3) is 0 Å². The topological polar surface area (TPSA) is 34.1 Å². The lowest BCUT2D eigenvalue weighted by Crippen LogP contribution is -2.15. The maximum absolute atomic E-state index is 11.9. The largest absolute Gasteiger partial charge is 0.299 e. The molecule has 2 nitrogen and oxygen atoms in total. The van der Waals surface area contributed by atoms with Crippen LogP contribution in [0.15, 0.2) is 27.1 Å². The maximum Gasteiger partial charge on any atom is 0.170 e. The van der Waals surface area contributed by atoms with Crippen LogP contribution in [-0.4, -0.2) is 11.6 Å². The predicted molar refractivity (Wildman–Crippen MR) is 75.3 cm³/mol. The summed E-state index contributed by atoms with van der Waals surface area (Å²) in [5.74, 6) is -0.166. The van der Waals surface area contributed by atoms with Gasteiger partial charge in [-0.05, 0) is 24.6 Å². The number of halogens is 2. The molecule has 0 spiro atoms. The Morgan fingerprint density at radius 1 is 1.18 bits per heavy atom. The summed E-state index contributed by atoms with van der Waals surface area (Å²) in [4.78, 5) is 23.6. The molecular formula is C13H14Br2O2. The first-order valence-electron chi connectivity index (χ1n) is 5.46. The van der Waals surface area contributed by atoms with Gasteiger partial charge < -0.3 is 0 Å². The Hall–Kier alpha value is -0.480. The van der Waals surface area contributed by atoms with E-state index in [0.29, 0.717) is 5.56 Å². The zero-order valence-corrected chi connectivity index (χ0v) is 13.0. The van der Waals surface area contributed by atoms with Gasteiger partial charge in [0.1, 0.15) is 5.78 Å². The molecule has 0 saturated carbocycles. The van der Waals surface area contributed by atoms with E-state index in [0.717, 1.165) is 15.4 Å². The molecule has 0 aromatic heterocycles. The van der Waals surface area contributed by atoms with Crippen molar-refractivity contribution >= 4 is 43.4 Å². The normalized spacial score (nSPS) is 12.2. The van der Waals surface area contributed by atoms with Gasteiger partial charge in [-0.15, -0.1) is 0 Å². The standard InChI is InChI=1S/C13H14Br2O2/c1-3-8(2)12(16)7-13(17)9-4-10(14)6-11(15)5-9/h4-6,8H,3,7H2,1-2H3. The van der Waals surface area contributed by atoms with Gasteiger partial charge in [0.15, 0.2) is 5.78 Å². The summed E-state index contributed by atoms with van der Waals surface area (Å²) in [6, 6.07) is 5.32. The summed E-state index contributed by atoms with van der Waals surface area (Å²) in [6.45, 7) is 3.80. The van der Waals surface area contributed by atoms with Crippen LogP contribution in [-0.2, 0) is 4.79 Å². The van der Waals surface area contributed by atoms with E-state index in [1.165, 1.54) is 0 Å². The van der Waals surface area contributed by atoms with E-state index in [1.807, 2.05) is 19.9 Å². The smallest absolute Gasteiger partial charge is 0.170 e. The van der Waals surface area contributed by atoms with Gasteiger partial charge in [0.25, 0.3) is 0 Å². The first-order chi connectivity index (χ1) is 7.93. The Bertz CT molecular complexity index is 421. The highest BCUT2D eigenvalue weighted by atomic mass is 79.9. The summed E-state index contributed by atoms with van der Waals surface area (Å²) in [7, 11) is 0. The van der Waals surface area contributed by atoms with Crippen LogP contribution >= 0.6 is 31.9 Å². The molecule has 0 radical (unpaired) electrons. The zero-order valence-electron chi connectivity index (χ0n) is 9.80. The van der Waals surface area contributed by atoms with Gasteiger partial charge in [0, 0.05) is 20.4 Å². The van der Waals surface area contributed by atoms with E-state index in [9.17, 15) is 9.59 Å². The summed E-state index contributed by atoms with van der Waals surface area (Å²) < 4.78 is 1.65. The third-order valence-electron chi connectivity index (χ3n) is 2.68. The molecule has 1 rings (SSSR count). The van der Waals surface area contributed by atoms with Crippen LogP contribution in [0.5, 0.6) is 0 Å². The first kappa shape index (κ1) is 14.6. The van der Waals surface area contributed by atoms with Crippen molar-refractivity contribution in [3.05, 3.63) is 32.7 Å². The number of hydrogen-bond acceptors (Lipinski definition) is 2. The van der Waals surface area contributed by atoms with Crippen molar-refractivity contribution < 1.29 is 9.59 Å². The number of benzene rings is 1. The van der Waals surface area contributed by atoms with E-state index < -0.39 is 0 Å². The fraction of sp³-hybridized carbons (Fsp3) is 0.385. The molecule has 1 aromatic rings. The number of ketones is 2. The van der Waals surface area contributed by atoms with Crippen molar-refractivity contribution in [3.8, 4) is 0 Å². The Morgan fingerprint density at radius 2 is 1.71 bits per heavy atom. The summed E-state index contributed by atoms with van der Waals surface area (Å²) in [6.07, 6.45) is 0.756. The molecule has 0 saturated heterocycles. The lowest BCUT2D eigenvalue weighted by atomic mass is 9.97. The van der Waals surface area contributed by atoms with Gasteiger partial charge >= 0.3 is 0 Å². The van der Waals surface area contributed by atoms with Gasteiger partial charge in [-0.1, -0.05) is 45.7 Å². The monoisotopic (exact) mass is 360 g/mol. The van der Waals surface area contributed by atoms with Crippen LogP contribution in [0.2, 0.25) is 0 Å². The molecular weight excluding hydrogens is 348 g/mol. The third-order valence-corrected chi connectivity index (χ3v) is 3.60. The van der Waals surface area contributed by atoms with Crippen molar-refractivity contribution in [2.75, 3.05) is 0 Å². The number of hydrogen-bond donors (Lipinski definition) is 0. The fourth-order valence-corrected chi connectivity index (χ4v) is 2.67. The van der Waals surface area contributed by atoms with E-state index in [4.69, 9.17) is 0 Å². The Kier molecular flexibility index (Phi) is 5.53. The minimum absolute atomic E-state index is 0.00796. The van der Waals surface area contributed by atoms with Gasteiger partial charge in [-0.25, -0.2) is 0 Å². The average Bonchev–Trinajstić information content (AvgIpc) is 2.26. The number of Topliss-reactive ketones (excluding diaryl/α,β-unsaturated/α-hetero) is 2. The fourth-order valence-electron chi connectivity index (χ4n) is 1.38. The molecule has 92 valence electrons.